The van der Waals surface area contributed by atoms with E-state index < -0.39 is 23.7 Å². The molecule has 2 N–H and O–H groups in total. The van der Waals surface area contributed by atoms with Crippen LogP contribution in [0.3, 0.4) is 0 Å². The van der Waals surface area contributed by atoms with Gasteiger partial charge in [0, 0.05) is 11.6 Å². The predicted octanol–water partition coefficient (Wildman–Crippen LogP) is 2.12. The van der Waals surface area contributed by atoms with Gasteiger partial charge in [0.2, 0.25) is 0 Å². The van der Waals surface area contributed by atoms with E-state index in [0.717, 1.165) is 6.07 Å². The number of nitrogens with one attached hydrogen (secondary N) is 1. The van der Waals surface area contributed by atoms with Crippen LogP contribution in [0.15, 0.2) is 18.2 Å². The maximum Gasteiger partial charge on any atom is 0.416 e. The molecule has 1 aromatic carbocycles. The van der Waals surface area contributed by atoms with Gasteiger partial charge in [-0.25, -0.2) is 0 Å². The average Bonchev–Trinajstić information content (AvgIpc) is 2.27. The zero-order chi connectivity index (χ0) is 13.9. The van der Waals surface area contributed by atoms with Gasteiger partial charge in [-0.05, 0) is 31.5 Å². The summed E-state index contributed by atoms with van der Waals surface area (Å²) < 4.78 is 37.9. The summed E-state index contributed by atoms with van der Waals surface area (Å²) in [7, 11) is 0. The summed E-state index contributed by atoms with van der Waals surface area (Å²) in [6.07, 6.45) is -4.48. The molecule has 1 atom stereocenters. The third-order valence-corrected chi connectivity index (χ3v) is 2.46. The number of benzene rings is 1. The normalized spacial score (nSPS) is 13.2. The number of rotatable bonds is 3. The Labute approximate surface area is 103 Å². The number of carbonyl (C=O) groups excluding carboxylic acids is 1. The van der Waals surface area contributed by atoms with Gasteiger partial charge in [0.25, 0.3) is 5.91 Å². The standard InChI is InChI=1S/C12H14F3NO2/c1-7-3-4-9(5-10(7)12(13,14)15)11(18)16-8(2)6-17/h3-5,8,17H,6H2,1-2H3,(H,16,18)/t8-/m1/s1. The van der Waals surface area contributed by atoms with E-state index in [2.05, 4.69) is 5.32 Å². The molecule has 0 aliphatic carbocycles. The summed E-state index contributed by atoms with van der Waals surface area (Å²) in [5, 5.41) is 11.2. The number of hydrogen-bond acceptors (Lipinski definition) is 2. The van der Waals surface area contributed by atoms with Crippen LogP contribution >= 0.6 is 0 Å². The number of aliphatic hydroxyl groups excluding tert-OH is 1. The lowest BCUT2D eigenvalue weighted by Crippen LogP contribution is -2.35. The first-order chi connectivity index (χ1) is 8.25. The molecule has 0 fully saturated rings. The summed E-state index contributed by atoms with van der Waals surface area (Å²) in [6.45, 7) is 2.61. The molecule has 0 bridgehead atoms. The summed E-state index contributed by atoms with van der Waals surface area (Å²) in [5.41, 5.74) is -0.839. The highest BCUT2D eigenvalue weighted by atomic mass is 19.4. The minimum atomic E-state index is -4.48. The molecule has 0 spiro atoms. The van der Waals surface area contributed by atoms with Crippen molar-refractivity contribution in [2.24, 2.45) is 0 Å². The molecule has 100 valence electrons. The molecule has 3 nitrogen and oxygen atoms in total. The number of carbonyl (C=O) groups is 1. The van der Waals surface area contributed by atoms with Crippen LogP contribution in [0.4, 0.5) is 13.2 Å². The first-order valence-corrected chi connectivity index (χ1v) is 5.35. The molecule has 0 radical (unpaired) electrons. The Morgan fingerprint density at radius 1 is 1.44 bits per heavy atom. The molecule has 0 unspecified atom stereocenters. The van der Waals surface area contributed by atoms with Gasteiger partial charge in [-0.3, -0.25) is 4.79 Å². The molecular formula is C12H14F3NO2. The first-order valence-electron chi connectivity index (χ1n) is 5.35. The molecular weight excluding hydrogens is 247 g/mol. The highest BCUT2D eigenvalue weighted by Gasteiger charge is 2.32. The molecule has 1 rings (SSSR count). The van der Waals surface area contributed by atoms with Crippen molar-refractivity contribution in [3.8, 4) is 0 Å². The van der Waals surface area contributed by atoms with Gasteiger partial charge in [-0.2, -0.15) is 13.2 Å². The first kappa shape index (κ1) is 14.5. The van der Waals surface area contributed by atoms with E-state index in [9.17, 15) is 18.0 Å². The van der Waals surface area contributed by atoms with Crippen LogP contribution in [-0.4, -0.2) is 23.7 Å². The molecule has 6 heteroatoms. The van der Waals surface area contributed by atoms with Crippen LogP contribution in [0.25, 0.3) is 0 Å². The molecule has 18 heavy (non-hydrogen) atoms. The largest absolute Gasteiger partial charge is 0.416 e. The lowest BCUT2D eigenvalue weighted by atomic mass is 10.0. The van der Waals surface area contributed by atoms with Crippen molar-refractivity contribution in [3.05, 3.63) is 34.9 Å². The number of hydrogen-bond donors (Lipinski definition) is 2. The lowest BCUT2D eigenvalue weighted by Gasteiger charge is -2.14. The Morgan fingerprint density at radius 2 is 2.06 bits per heavy atom. The van der Waals surface area contributed by atoms with Crippen molar-refractivity contribution in [1.82, 2.24) is 5.32 Å². The molecule has 0 aliphatic rings. The highest BCUT2D eigenvalue weighted by Crippen LogP contribution is 2.32. The van der Waals surface area contributed by atoms with Crippen LogP contribution in [0.1, 0.15) is 28.4 Å². The summed E-state index contributed by atoms with van der Waals surface area (Å²) in [5.74, 6) is -0.637. The minimum absolute atomic E-state index is 0.0641. The van der Waals surface area contributed by atoms with Gasteiger partial charge in [0.15, 0.2) is 0 Å². The number of alkyl halides is 3. The number of aryl methyl sites for hydroxylation is 1. The number of amides is 1. The van der Waals surface area contributed by atoms with E-state index in [1.807, 2.05) is 0 Å². The average molecular weight is 261 g/mol. The van der Waals surface area contributed by atoms with Crippen molar-refractivity contribution in [2.45, 2.75) is 26.1 Å². The van der Waals surface area contributed by atoms with Gasteiger partial charge >= 0.3 is 6.18 Å². The smallest absolute Gasteiger partial charge is 0.394 e. The van der Waals surface area contributed by atoms with E-state index in [4.69, 9.17) is 5.11 Å². The van der Waals surface area contributed by atoms with Crippen LogP contribution in [0.5, 0.6) is 0 Å². The number of halogens is 3. The fourth-order valence-corrected chi connectivity index (χ4v) is 1.42. The van der Waals surface area contributed by atoms with Gasteiger partial charge in [0.1, 0.15) is 0 Å². The van der Waals surface area contributed by atoms with Crippen molar-refractivity contribution in [1.29, 1.82) is 0 Å². The lowest BCUT2D eigenvalue weighted by molar-refractivity contribution is -0.138. The maximum absolute atomic E-state index is 12.6. The van der Waals surface area contributed by atoms with Gasteiger partial charge in [0.05, 0.1) is 12.2 Å². The number of aliphatic hydroxyl groups is 1. The fraction of sp³-hybridized carbons (Fsp3) is 0.417. The summed E-state index contributed by atoms with van der Waals surface area (Å²) in [6, 6.07) is 2.88. The van der Waals surface area contributed by atoms with Crippen LogP contribution in [0, 0.1) is 6.92 Å². The van der Waals surface area contributed by atoms with E-state index >= 15 is 0 Å². The molecule has 1 aromatic rings. The van der Waals surface area contributed by atoms with Gasteiger partial charge in [-0.15, -0.1) is 0 Å². The molecule has 0 heterocycles. The Kier molecular flexibility index (Phi) is 4.34. The van der Waals surface area contributed by atoms with Crippen molar-refractivity contribution in [3.63, 3.8) is 0 Å². The monoisotopic (exact) mass is 261 g/mol. The van der Waals surface area contributed by atoms with Gasteiger partial charge < -0.3 is 10.4 Å². The van der Waals surface area contributed by atoms with E-state index in [1.54, 1.807) is 6.92 Å². The summed E-state index contributed by atoms with van der Waals surface area (Å²) in [4.78, 5) is 11.6. The fourth-order valence-electron chi connectivity index (χ4n) is 1.42. The van der Waals surface area contributed by atoms with Crippen molar-refractivity contribution >= 4 is 5.91 Å². The van der Waals surface area contributed by atoms with E-state index in [0.29, 0.717) is 0 Å². The maximum atomic E-state index is 12.6. The molecule has 0 saturated carbocycles. The van der Waals surface area contributed by atoms with E-state index in [-0.39, 0.29) is 17.7 Å². The van der Waals surface area contributed by atoms with Crippen LogP contribution < -0.4 is 5.32 Å². The Bertz CT molecular complexity index is 443. The Morgan fingerprint density at radius 3 is 2.56 bits per heavy atom. The topological polar surface area (TPSA) is 49.3 Å². The SMILES string of the molecule is Cc1ccc(C(=O)N[C@H](C)CO)cc1C(F)(F)F. The second-order valence-corrected chi connectivity index (χ2v) is 4.08. The van der Waals surface area contributed by atoms with Gasteiger partial charge in [-0.1, -0.05) is 6.07 Å². The zero-order valence-electron chi connectivity index (χ0n) is 10.0. The zero-order valence-corrected chi connectivity index (χ0v) is 10.0. The Balaban J connectivity index is 3.02. The second kappa shape index (κ2) is 5.39. The third-order valence-electron chi connectivity index (χ3n) is 2.46. The Hall–Kier alpha value is -1.56. The van der Waals surface area contributed by atoms with Crippen LogP contribution in [0.2, 0.25) is 0 Å². The van der Waals surface area contributed by atoms with E-state index in [1.165, 1.54) is 19.1 Å². The molecule has 0 aromatic heterocycles. The molecule has 0 aliphatic heterocycles. The predicted molar refractivity (Wildman–Crippen MR) is 60.2 cm³/mol. The third kappa shape index (κ3) is 3.46. The minimum Gasteiger partial charge on any atom is -0.394 e. The molecule has 0 saturated heterocycles. The van der Waals surface area contributed by atoms with Crippen molar-refractivity contribution < 1.29 is 23.1 Å². The highest BCUT2D eigenvalue weighted by molar-refractivity contribution is 5.94. The van der Waals surface area contributed by atoms with Crippen molar-refractivity contribution in [2.75, 3.05) is 6.61 Å². The second-order valence-electron chi connectivity index (χ2n) is 4.08. The quantitative estimate of drug-likeness (QED) is 0.875. The van der Waals surface area contributed by atoms with Crippen LogP contribution in [-0.2, 0) is 6.18 Å². The molecule has 1 amide bonds. The summed E-state index contributed by atoms with van der Waals surface area (Å²) >= 11 is 0.